The number of amides is 2. The number of ether oxygens (including phenoxy) is 1. The fraction of sp³-hybridized carbons (Fsp3) is 0.381. The van der Waals surface area contributed by atoms with Crippen molar-refractivity contribution in [1.29, 1.82) is 0 Å². The number of nitrogens with one attached hydrogen (secondary N) is 1. The van der Waals surface area contributed by atoms with E-state index in [1.807, 2.05) is 31.3 Å². The average Bonchev–Trinajstić information content (AvgIpc) is 3.02. The maximum absolute atomic E-state index is 12.7. The van der Waals surface area contributed by atoms with Crippen LogP contribution in [0.3, 0.4) is 0 Å². The average molecular weight is 353 g/mol. The summed E-state index contributed by atoms with van der Waals surface area (Å²) < 4.78 is 5.34. The van der Waals surface area contributed by atoms with Gasteiger partial charge in [0.15, 0.2) is 0 Å². The predicted molar refractivity (Wildman–Crippen MR) is 106 cm³/mol. The summed E-state index contributed by atoms with van der Waals surface area (Å²) in [5.74, 6) is 0. The van der Waals surface area contributed by atoms with Crippen LogP contribution in [-0.4, -0.2) is 51.3 Å². The van der Waals surface area contributed by atoms with Crippen molar-refractivity contribution in [2.24, 2.45) is 0 Å². The smallest absolute Gasteiger partial charge is 0.321 e. The van der Waals surface area contributed by atoms with Crippen LogP contribution in [-0.2, 0) is 17.6 Å². The summed E-state index contributed by atoms with van der Waals surface area (Å²) in [6, 6.07) is 16.2. The summed E-state index contributed by atoms with van der Waals surface area (Å²) in [7, 11) is 5.57. The lowest BCUT2D eigenvalue weighted by molar-refractivity contribution is 0.120. The molecule has 0 spiro atoms. The first-order valence-electron chi connectivity index (χ1n) is 8.99. The fourth-order valence-corrected chi connectivity index (χ4v) is 3.38. The number of hydrogen-bond acceptors (Lipinski definition) is 3. The van der Waals surface area contributed by atoms with Gasteiger partial charge in [-0.05, 0) is 36.1 Å². The zero-order valence-corrected chi connectivity index (χ0v) is 15.7. The lowest BCUT2D eigenvalue weighted by atomic mass is 10.1. The van der Waals surface area contributed by atoms with Crippen LogP contribution >= 0.6 is 0 Å². The molecule has 0 bridgehead atoms. The van der Waals surface area contributed by atoms with Crippen LogP contribution in [0.2, 0.25) is 0 Å². The molecule has 26 heavy (non-hydrogen) atoms. The first kappa shape index (κ1) is 18.3. The molecule has 1 aliphatic rings. The molecule has 0 saturated carbocycles. The Hall–Kier alpha value is -2.53. The third kappa shape index (κ3) is 4.17. The van der Waals surface area contributed by atoms with Crippen molar-refractivity contribution < 1.29 is 9.53 Å². The molecule has 1 atom stereocenters. The monoisotopic (exact) mass is 353 g/mol. The second-order valence-corrected chi connectivity index (χ2v) is 6.85. The molecule has 1 unspecified atom stereocenters. The number of fused-ring (bicyclic) bond motifs is 1. The van der Waals surface area contributed by atoms with Crippen molar-refractivity contribution in [2.45, 2.75) is 18.9 Å². The largest absolute Gasteiger partial charge is 0.383 e. The Kier molecular flexibility index (Phi) is 5.78. The Morgan fingerprint density at radius 3 is 2.77 bits per heavy atom. The molecular formula is C21H27N3O2. The maximum Gasteiger partial charge on any atom is 0.321 e. The molecule has 1 N–H and O–H groups in total. The van der Waals surface area contributed by atoms with Crippen molar-refractivity contribution in [1.82, 2.24) is 4.90 Å². The van der Waals surface area contributed by atoms with Gasteiger partial charge in [-0.25, -0.2) is 4.79 Å². The third-order valence-electron chi connectivity index (χ3n) is 5.01. The summed E-state index contributed by atoms with van der Waals surface area (Å²) >= 11 is 0. The van der Waals surface area contributed by atoms with Crippen molar-refractivity contribution in [3.63, 3.8) is 0 Å². The highest BCUT2D eigenvalue weighted by Crippen LogP contribution is 2.29. The fourth-order valence-electron chi connectivity index (χ4n) is 3.38. The molecule has 1 heterocycles. The summed E-state index contributed by atoms with van der Waals surface area (Å²) in [6.07, 6.45) is 1.82. The Labute approximate surface area is 155 Å². The van der Waals surface area contributed by atoms with Crippen LogP contribution in [0, 0.1) is 0 Å². The number of urea groups is 1. The number of likely N-dealkylation sites (N-methyl/N-ethyl adjacent to an activating group) is 2. The highest BCUT2D eigenvalue weighted by molar-refractivity contribution is 5.90. The van der Waals surface area contributed by atoms with E-state index in [4.69, 9.17) is 4.74 Å². The van der Waals surface area contributed by atoms with Crippen LogP contribution in [0.5, 0.6) is 0 Å². The van der Waals surface area contributed by atoms with Gasteiger partial charge < -0.3 is 19.9 Å². The number of benzene rings is 2. The lowest BCUT2D eigenvalue weighted by Gasteiger charge is -2.28. The molecule has 2 amide bonds. The van der Waals surface area contributed by atoms with E-state index in [-0.39, 0.29) is 12.1 Å². The van der Waals surface area contributed by atoms with Gasteiger partial charge >= 0.3 is 6.03 Å². The molecule has 138 valence electrons. The van der Waals surface area contributed by atoms with E-state index < -0.39 is 0 Å². The Balaban J connectivity index is 1.68. The second-order valence-electron chi connectivity index (χ2n) is 6.85. The van der Waals surface area contributed by atoms with Crippen molar-refractivity contribution >= 4 is 17.4 Å². The highest BCUT2D eigenvalue weighted by atomic mass is 16.5. The van der Waals surface area contributed by atoms with E-state index in [0.717, 1.165) is 25.1 Å². The Bertz CT molecular complexity index is 748. The van der Waals surface area contributed by atoms with Gasteiger partial charge in [0, 0.05) is 39.1 Å². The van der Waals surface area contributed by atoms with Crippen molar-refractivity contribution in [2.75, 3.05) is 44.6 Å². The number of anilines is 2. The normalized spacial score (nSPS) is 14.0. The van der Waals surface area contributed by atoms with E-state index in [2.05, 4.69) is 41.5 Å². The molecule has 0 radical (unpaired) electrons. The first-order chi connectivity index (χ1) is 12.6. The summed E-state index contributed by atoms with van der Waals surface area (Å²) in [6.45, 7) is 1.52. The molecule has 0 aromatic heterocycles. The van der Waals surface area contributed by atoms with E-state index in [1.54, 1.807) is 12.0 Å². The van der Waals surface area contributed by atoms with Gasteiger partial charge in [0.25, 0.3) is 0 Å². The second kappa shape index (κ2) is 8.23. The molecular weight excluding hydrogens is 326 g/mol. The van der Waals surface area contributed by atoms with E-state index >= 15 is 0 Å². The highest BCUT2D eigenvalue weighted by Gasteiger charge is 2.22. The van der Waals surface area contributed by atoms with Crippen molar-refractivity contribution in [3.05, 3.63) is 59.7 Å². The molecule has 0 saturated heterocycles. The Morgan fingerprint density at radius 2 is 2.04 bits per heavy atom. The van der Waals surface area contributed by atoms with Gasteiger partial charge in [0.05, 0.1) is 12.6 Å². The van der Waals surface area contributed by atoms with Gasteiger partial charge in [-0.1, -0.05) is 36.4 Å². The minimum atomic E-state index is -0.122. The van der Waals surface area contributed by atoms with Gasteiger partial charge in [-0.2, -0.15) is 0 Å². The summed E-state index contributed by atoms with van der Waals surface area (Å²) in [5, 5.41) is 3.02. The Morgan fingerprint density at radius 1 is 1.27 bits per heavy atom. The summed E-state index contributed by atoms with van der Waals surface area (Å²) in [5.41, 5.74) is 4.54. The molecule has 5 heteroatoms. The predicted octanol–water partition coefficient (Wildman–Crippen LogP) is 3.40. The van der Waals surface area contributed by atoms with E-state index in [9.17, 15) is 4.79 Å². The standard InChI is InChI=1S/C21H27N3O2/c1-23-12-11-17-9-10-18(14-20(17)23)22-21(25)24(2)19(15-26-3)13-16-7-5-4-6-8-16/h4-10,14,19H,11-13,15H2,1-3H3,(H,22,25). The van der Waals surface area contributed by atoms with Crippen LogP contribution in [0.4, 0.5) is 16.2 Å². The third-order valence-corrected chi connectivity index (χ3v) is 5.01. The SMILES string of the molecule is COCC(Cc1ccccc1)N(C)C(=O)Nc1ccc2c(c1)N(C)CC2. The number of rotatable bonds is 6. The van der Waals surface area contributed by atoms with E-state index in [1.165, 1.54) is 16.8 Å². The molecule has 5 nitrogen and oxygen atoms in total. The van der Waals surface area contributed by atoms with Gasteiger partial charge in [-0.15, -0.1) is 0 Å². The maximum atomic E-state index is 12.7. The van der Waals surface area contributed by atoms with Crippen LogP contribution in [0.1, 0.15) is 11.1 Å². The molecule has 2 aromatic carbocycles. The zero-order valence-electron chi connectivity index (χ0n) is 15.7. The number of carbonyl (C=O) groups excluding carboxylic acids is 1. The molecule has 0 aliphatic carbocycles. The topological polar surface area (TPSA) is 44.8 Å². The minimum absolute atomic E-state index is 0.0282. The van der Waals surface area contributed by atoms with Gasteiger partial charge in [0.2, 0.25) is 0 Å². The molecule has 1 aliphatic heterocycles. The van der Waals surface area contributed by atoms with Crippen LogP contribution in [0.15, 0.2) is 48.5 Å². The quantitative estimate of drug-likeness (QED) is 0.866. The molecule has 3 rings (SSSR count). The number of methoxy groups -OCH3 is 1. The van der Waals surface area contributed by atoms with Gasteiger partial charge in [-0.3, -0.25) is 0 Å². The number of carbonyl (C=O) groups is 1. The first-order valence-corrected chi connectivity index (χ1v) is 8.99. The minimum Gasteiger partial charge on any atom is -0.383 e. The number of nitrogens with zero attached hydrogens (tertiary/aromatic N) is 2. The van der Waals surface area contributed by atoms with Crippen molar-refractivity contribution in [3.8, 4) is 0 Å². The van der Waals surface area contributed by atoms with E-state index in [0.29, 0.717) is 6.61 Å². The van der Waals surface area contributed by atoms with Gasteiger partial charge in [0.1, 0.15) is 0 Å². The zero-order chi connectivity index (χ0) is 18.5. The van der Waals surface area contributed by atoms with Crippen LogP contribution in [0.25, 0.3) is 0 Å². The molecule has 0 fully saturated rings. The molecule has 2 aromatic rings. The lowest BCUT2D eigenvalue weighted by Crippen LogP contribution is -2.43. The van der Waals surface area contributed by atoms with Crippen LogP contribution < -0.4 is 10.2 Å². The summed E-state index contributed by atoms with van der Waals surface area (Å²) in [4.78, 5) is 16.7. The number of hydrogen-bond donors (Lipinski definition) is 1.